The van der Waals surface area contributed by atoms with Crippen molar-refractivity contribution < 1.29 is 8.42 Å². The van der Waals surface area contributed by atoms with Gasteiger partial charge in [-0.1, -0.05) is 13.8 Å². The molecule has 0 amide bonds. The second-order valence-electron chi connectivity index (χ2n) is 5.25. The van der Waals surface area contributed by atoms with Crippen LogP contribution >= 0.6 is 0 Å². The third-order valence-corrected chi connectivity index (χ3v) is 5.22. The van der Waals surface area contributed by atoms with E-state index in [-0.39, 0.29) is 11.8 Å². The number of nitrogens with two attached hydrogens (primary N) is 1. The fraction of sp³-hybridized carbons (Fsp3) is 1.00. The van der Waals surface area contributed by atoms with E-state index in [4.69, 9.17) is 5.73 Å². The van der Waals surface area contributed by atoms with Crippen molar-refractivity contribution in [3.8, 4) is 0 Å². The molecule has 0 bridgehead atoms. The molecule has 0 spiro atoms. The van der Waals surface area contributed by atoms with Gasteiger partial charge in [-0.3, -0.25) is 0 Å². The van der Waals surface area contributed by atoms with Crippen LogP contribution in [0, 0.1) is 11.8 Å². The molecule has 4 nitrogen and oxygen atoms in total. The van der Waals surface area contributed by atoms with Crippen molar-refractivity contribution in [3.05, 3.63) is 0 Å². The molecule has 1 heterocycles. The summed E-state index contributed by atoms with van der Waals surface area (Å²) < 4.78 is 25.8. The minimum Gasteiger partial charge on any atom is -0.330 e. The van der Waals surface area contributed by atoms with Gasteiger partial charge in [0.25, 0.3) is 0 Å². The molecule has 96 valence electrons. The van der Waals surface area contributed by atoms with Crippen molar-refractivity contribution >= 4 is 10.0 Å². The molecule has 2 N–H and O–H groups in total. The zero-order chi connectivity index (χ0) is 12.3. The van der Waals surface area contributed by atoms with Gasteiger partial charge in [0.1, 0.15) is 0 Å². The van der Waals surface area contributed by atoms with E-state index in [0.717, 1.165) is 12.8 Å². The maximum absolute atomic E-state index is 12.1. The van der Waals surface area contributed by atoms with Crippen molar-refractivity contribution in [1.29, 1.82) is 0 Å². The maximum atomic E-state index is 12.1. The molecule has 0 radical (unpaired) electrons. The zero-order valence-electron chi connectivity index (χ0n) is 10.5. The summed E-state index contributed by atoms with van der Waals surface area (Å²) in [6.45, 7) is 7.26. The molecule has 1 rings (SSSR count). The van der Waals surface area contributed by atoms with Crippen LogP contribution in [0.4, 0.5) is 0 Å². The van der Waals surface area contributed by atoms with Crippen molar-refractivity contribution in [3.63, 3.8) is 0 Å². The van der Waals surface area contributed by atoms with Gasteiger partial charge in [-0.25, -0.2) is 8.42 Å². The first kappa shape index (κ1) is 13.9. The summed E-state index contributed by atoms with van der Waals surface area (Å²) in [5.74, 6) is 1.04. The summed E-state index contributed by atoms with van der Waals surface area (Å²) in [4.78, 5) is 0. The van der Waals surface area contributed by atoms with Crippen molar-refractivity contribution in [2.45, 2.75) is 39.7 Å². The van der Waals surface area contributed by atoms with Gasteiger partial charge >= 0.3 is 0 Å². The van der Waals surface area contributed by atoms with Gasteiger partial charge in [0.15, 0.2) is 0 Å². The Hall–Kier alpha value is -0.130. The fourth-order valence-corrected chi connectivity index (χ4v) is 4.25. The second-order valence-corrected chi connectivity index (χ2v) is 7.30. The molecule has 1 aliphatic rings. The molecule has 0 saturated carbocycles. The highest BCUT2D eigenvalue weighted by molar-refractivity contribution is 7.89. The molecular formula is C11H24N2O2S. The summed E-state index contributed by atoms with van der Waals surface area (Å²) >= 11 is 0. The number of nitrogens with zero attached hydrogens (tertiary/aromatic N) is 1. The van der Waals surface area contributed by atoms with E-state index in [2.05, 4.69) is 0 Å². The quantitative estimate of drug-likeness (QED) is 0.790. The molecule has 5 heteroatoms. The van der Waals surface area contributed by atoms with Crippen LogP contribution in [0.5, 0.6) is 0 Å². The number of hydrogen-bond acceptors (Lipinski definition) is 3. The first-order valence-electron chi connectivity index (χ1n) is 6.06. The number of sulfonamides is 1. The molecule has 0 aliphatic carbocycles. The van der Waals surface area contributed by atoms with Crippen molar-refractivity contribution in [1.82, 2.24) is 4.31 Å². The van der Waals surface area contributed by atoms with E-state index in [0.29, 0.717) is 24.9 Å². The predicted molar refractivity (Wildman–Crippen MR) is 66.6 cm³/mol. The smallest absolute Gasteiger partial charge is 0.214 e. The summed E-state index contributed by atoms with van der Waals surface area (Å²) in [6, 6.07) is 0.116. The lowest BCUT2D eigenvalue weighted by atomic mass is 10.1. The van der Waals surface area contributed by atoms with Crippen LogP contribution in [0.1, 0.15) is 33.6 Å². The minimum atomic E-state index is -3.07. The Bertz CT molecular complexity index is 314. The molecule has 0 aromatic carbocycles. The summed E-state index contributed by atoms with van der Waals surface area (Å²) in [5, 5.41) is 0. The topological polar surface area (TPSA) is 63.4 Å². The zero-order valence-corrected chi connectivity index (χ0v) is 11.3. The lowest BCUT2D eigenvalue weighted by Crippen LogP contribution is -2.36. The predicted octanol–water partition coefficient (Wildman–Crippen LogP) is 1.03. The van der Waals surface area contributed by atoms with Crippen LogP contribution in [-0.4, -0.2) is 37.6 Å². The van der Waals surface area contributed by atoms with E-state index < -0.39 is 10.0 Å². The van der Waals surface area contributed by atoms with Crippen LogP contribution in [0.3, 0.4) is 0 Å². The van der Waals surface area contributed by atoms with Gasteiger partial charge in [0, 0.05) is 12.6 Å². The maximum Gasteiger partial charge on any atom is 0.214 e. The van der Waals surface area contributed by atoms with E-state index in [1.54, 1.807) is 4.31 Å². The first-order valence-corrected chi connectivity index (χ1v) is 7.67. The van der Waals surface area contributed by atoms with E-state index in [9.17, 15) is 8.42 Å². The van der Waals surface area contributed by atoms with Crippen LogP contribution in [-0.2, 0) is 10.0 Å². The van der Waals surface area contributed by atoms with Gasteiger partial charge in [-0.05, 0) is 38.1 Å². The Morgan fingerprint density at radius 1 is 1.44 bits per heavy atom. The van der Waals surface area contributed by atoms with Crippen LogP contribution < -0.4 is 5.73 Å². The number of hydrogen-bond donors (Lipinski definition) is 1. The Morgan fingerprint density at radius 3 is 2.50 bits per heavy atom. The largest absolute Gasteiger partial charge is 0.330 e. The van der Waals surface area contributed by atoms with E-state index in [1.165, 1.54) is 0 Å². The third kappa shape index (κ3) is 3.43. The lowest BCUT2D eigenvalue weighted by Gasteiger charge is -2.21. The van der Waals surface area contributed by atoms with Crippen molar-refractivity contribution in [2.24, 2.45) is 17.6 Å². The highest BCUT2D eigenvalue weighted by atomic mass is 32.2. The standard InChI is InChI=1S/C11H24N2O2S/c1-9(2)4-5-16(14,15)13-8-11(7-12)6-10(13)3/h9-11H,4-8,12H2,1-3H3. The molecule has 1 fully saturated rings. The Balaban J connectivity index is 2.62. The van der Waals surface area contributed by atoms with Gasteiger partial charge in [-0.15, -0.1) is 0 Å². The van der Waals surface area contributed by atoms with E-state index in [1.807, 2.05) is 20.8 Å². The molecule has 0 aromatic heterocycles. The SMILES string of the molecule is CC(C)CCS(=O)(=O)N1CC(CN)CC1C. The highest BCUT2D eigenvalue weighted by Gasteiger charge is 2.35. The van der Waals surface area contributed by atoms with Gasteiger partial charge in [-0.2, -0.15) is 4.31 Å². The fourth-order valence-electron chi connectivity index (χ4n) is 2.17. The first-order chi connectivity index (χ1) is 7.36. The number of rotatable bonds is 5. The monoisotopic (exact) mass is 248 g/mol. The van der Waals surface area contributed by atoms with Gasteiger partial charge in [0.2, 0.25) is 10.0 Å². The molecule has 0 aromatic rings. The average Bonchev–Trinajstić information content (AvgIpc) is 2.57. The third-order valence-electron chi connectivity index (χ3n) is 3.25. The van der Waals surface area contributed by atoms with Crippen LogP contribution in [0.2, 0.25) is 0 Å². The molecular weight excluding hydrogens is 224 g/mol. The molecule has 16 heavy (non-hydrogen) atoms. The van der Waals surface area contributed by atoms with Crippen molar-refractivity contribution in [2.75, 3.05) is 18.8 Å². The van der Waals surface area contributed by atoms with Gasteiger partial charge in [0.05, 0.1) is 5.75 Å². The second kappa shape index (κ2) is 5.47. The summed E-state index contributed by atoms with van der Waals surface area (Å²) in [5.41, 5.74) is 5.60. The average molecular weight is 248 g/mol. The Kier molecular flexibility index (Phi) is 4.76. The van der Waals surface area contributed by atoms with Crippen LogP contribution in [0.25, 0.3) is 0 Å². The highest BCUT2D eigenvalue weighted by Crippen LogP contribution is 2.25. The van der Waals surface area contributed by atoms with Gasteiger partial charge < -0.3 is 5.73 Å². The molecule has 1 aliphatic heterocycles. The Morgan fingerprint density at radius 2 is 2.06 bits per heavy atom. The molecule has 2 unspecified atom stereocenters. The molecule has 1 saturated heterocycles. The normalized spacial score (nSPS) is 27.8. The molecule has 2 atom stereocenters. The van der Waals surface area contributed by atoms with Crippen LogP contribution in [0.15, 0.2) is 0 Å². The minimum absolute atomic E-state index is 0.116. The lowest BCUT2D eigenvalue weighted by molar-refractivity contribution is 0.401. The van der Waals surface area contributed by atoms with E-state index >= 15 is 0 Å². The summed E-state index contributed by atoms with van der Waals surface area (Å²) in [6.07, 6.45) is 1.64. The summed E-state index contributed by atoms with van der Waals surface area (Å²) in [7, 11) is -3.07. The Labute approximate surface area is 99.2 Å².